The van der Waals surface area contributed by atoms with E-state index in [9.17, 15) is 4.79 Å². The summed E-state index contributed by atoms with van der Waals surface area (Å²) in [5.41, 5.74) is 7.54. The first-order valence-corrected chi connectivity index (χ1v) is 12.0. The molecule has 0 amide bonds. The fourth-order valence-corrected chi connectivity index (χ4v) is 4.99. The zero-order valence-corrected chi connectivity index (χ0v) is 19.9. The van der Waals surface area contributed by atoms with Crippen molar-refractivity contribution in [2.75, 3.05) is 37.0 Å². The average molecular weight is 458 g/mol. The summed E-state index contributed by atoms with van der Waals surface area (Å²) in [6.07, 6.45) is 7.44. The highest BCUT2D eigenvalue weighted by molar-refractivity contribution is 5.90. The molecule has 5 rings (SSSR count). The maximum absolute atomic E-state index is 12.0. The van der Waals surface area contributed by atoms with Crippen LogP contribution in [0.5, 0.6) is 0 Å². The van der Waals surface area contributed by atoms with E-state index in [4.69, 9.17) is 9.47 Å². The van der Waals surface area contributed by atoms with Gasteiger partial charge in [-0.2, -0.15) is 0 Å². The molecular formula is C28H31N3O3. The van der Waals surface area contributed by atoms with Crippen molar-refractivity contribution >= 4 is 23.0 Å². The maximum atomic E-state index is 12.0. The Morgan fingerprint density at radius 3 is 2.65 bits per heavy atom. The predicted octanol–water partition coefficient (Wildman–Crippen LogP) is 5.44. The van der Waals surface area contributed by atoms with Crippen LogP contribution >= 0.6 is 0 Å². The molecule has 0 spiro atoms. The Kier molecular flexibility index (Phi) is 6.50. The van der Waals surface area contributed by atoms with Crippen LogP contribution < -0.4 is 9.80 Å². The topological polar surface area (TPSA) is 54.9 Å². The van der Waals surface area contributed by atoms with Crippen LogP contribution in [0, 0.1) is 0 Å². The predicted molar refractivity (Wildman–Crippen MR) is 134 cm³/mol. The summed E-state index contributed by atoms with van der Waals surface area (Å²) < 4.78 is 11.0. The number of carbonyl (C=O) groups excluding carboxylic acids is 1. The van der Waals surface area contributed by atoms with Gasteiger partial charge in [0.2, 0.25) is 0 Å². The Balaban J connectivity index is 1.26. The molecular weight excluding hydrogens is 426 g/mol. The lowest BCUT2D eigenvalue weighted by Gasteiger charge is -2.23. The molecule has 2 aliphatic rings. The standard InChI is InChI=1S/C28H31N3O3/c1-30(22-6-8-23(9-7-22)31-15-3-4-16-31)24-10-11-25-21(17-24)19-34-27(25)12-5-20-18-29-14-13-26(20)28(32)33-2/h6-11,13-14,17-18,27H,3-5,12,15-16,19H2,1-2H3/t27-/m0/s1. The van der Waals surface area contributed by atoms with Crippen molar-refractivity contribution in [3.63, 3.8) is 0 Å². The number of aryl methyl sites for hydroxylation is 1. The number of pyridine rings is 1. The minimum absolute atomic E-state index is 0.0137. The lowest BCUT2D eigenvalue weighted by molar-refractivity contribution is 0.0580. The quantitative estimate of drug-likeness (QED) is 0.441. The van der Waals surface area contributed by atoms with Gasteiger partial charge in [-0.15, -0.1) is 0 Å². The van der Waals surface area contributed by atoms with E-state index in [1.54, 1.807) is 18.5 Å². The highest BCUT2D eigenvalue weighted by Gasteiger charge is 2.25. The Morgan fingerprint density at radius 2 is 1.88 bits per heavy atom. The van der Waals surface area contributed by atoms with E-state index < -0.39 is 0 Å². The summed E-state index contributed by atoms with van der Waals surface area (Å²) in [6.45, 7) is 2.92. The average Bonchev–Trinajstić information content (AvgIpc) is 3.57. The summed E-state index contributed by atoms with van der Waals surface area (Å²) in [7, 11) is 3.51. The van der Waals surface area contributed by atoms with E-state index >= 15 is 0 Å². The van der Waals surface area contributed by atoms with Gasteiger partial charge in [0.25, 0.3) is 0 Å². The number of nitrogens with zero attached hydrogens (tertiary/aromatic N) is 3. The smallest absolute Gasteiger partial charge is 0.338 e. The second-order valence-electron chi connectivity index (χ2n) is 9.02. The van der Waals surface area contributed by atoms with Crippen molar-refractivity contribution in [3.05, 3.63) is 83.2 Å². The molecule has 1 fully saturated rings. The summed E-state index contributed by atoms with van der Waals surface area (Å²) in [5, 5.41) is 0. The van der Waals surface area contributed by atoms with E-state index in [2.05, 4.69) is 64.3 Å². The molecule has 0 unspecified atom stereocenters. The van der Waals surface area contributed by atoms with Crippen molar-refractivity contribution in [1.82, 2.24) is 4.98 Å². The Morgan fingerprint density at radius 1 is 1.12 bits per heavy atom. The minimum Gasteiger partial charge on any atom is -0.465 e. The number of fused-ring (bicyclic) bond motifs is 1. The Labute approximate surface area is 201 Å². The largest absolute Gasteiger partial charge is 0.465 e. The molecule has 1 saturated heterocycles. The van der Waals surface area contributed by atoms with Gasteiger partial charge in [-0.25, -0.2) is 4.79 Å². The van der Waals surface area contributed by atoms with Gasteiger partial charge >= 0.3 is 5.97 Å². The molecule has 6 nitrogen and oxygen atoms in total. The second kappa shape index (κ2) is 9.85. The van der Waals surface area contributed by atoms with Crippen molar-refractivity contribution in [2.45, 2.75) is 38.4 Å². The van der Waals surface area contributed by atoms with E-state index in [1.165, 1.54) is 42.5 Å². The number of ether oxygens (including phenoxy) is 2. The van der Waals surface area contributed by atoms with Crippen LogP contribution in [0.25, 0.3) is 0 Å². The van der Waals surface area contributed by atoms with Crippen molar-refractivity contribution in [2.24, 2.45) is 0 Å². The molecule has 2 aromatic carbocycles. The lowest BCUT2D eigenvalue weighted by Crippen LogP contribution is -2.17. The van der Waals surface area contributed by atoms with Crippen LogP contribution in [0.1, 0.15) is 52.4 Å². The number of anilines is 3. The molecule has 1 atom stereocenters. The second-order valence-corrected chi connectivity index (χ2v) is 9.02. The highest BCUT2D eigenvalue weighted by atomic mass is 16.5. The summed E-state index contributed by atoms with van der Waals surface area (Å²) in [6, 6.07) is 17.1. The fraction of sp³-hybridized carbons (Fsp3) is 0.357. The number of methoxy groups -OCH3 is 1. The van der Waals surface area contributed by atoms with Gasteiger partial charge < -0.3 is 19.3 Å². The fourth-order valence-electron chi connectivity index (χ4n) is 4.99. The zero-order chi connectivity index (χ0) is 23.5. The van der Waals surface area contributed by atoms with Crippen LogP contribution in [0.4, 0.5) is 17.1 Å². The summed E-state index contributed by atoms with van der Waals surface area (Å²) in [5.74, 6) is -0.328. The maximum Gasteiger partial charge on any atom is 0.338 e. The molecule has 0 bridgehead atoms. The van der Waals surface area contributed by atoms with Gasteiger partial charge in [-0.1, -0.05) is 6.07 Å². The highest BCUT2D eigenvalue weighted by Crippen LogP contribution is 2.37. The van der Waals surface area contributed by atoms with Crippen LogP contribution in [0.2, 0.25) is 0 Å². The normalized spacial score (nSPS) is 17.0. The van der Waals surface area contributed by atoms with Crippen LogP contribution in [-0.2, 0) is 22.5 Å². The van der Waals surface area contributed by atoms with Crippen molar-refractivity contribution in [1.29, 1.82) is 0 Å². The number of benzene rings is 2. The number of rotatable bonds is 7. The molecule has 0 aliphatic carbocycles. The molecule has 0 radical (unpaired) electrons. The number of esters is 1. The SMILES string of the molecule is COC(=O)c1ccncc1CC[C@@H]1OCc2cc(N(C)c3ccc(N4CCCC4)cc3)ccc21. The van der Waals surface area contributed by atoms with Gasteiger partial charge in [0.1, 0.15) is 0 Å². The van der Waals surface area contributed by atoms with Gasteiger partial charge in [-0.3, -0.25) is 4.98 Å². The number of carbonyl (C=O) groups is 1. The van der Waals surface area contributed by atoms with Crippen LogP contribution in [0.15, 0.2) is 60.9 Å². The van der Waals surface area contributed by atoms with E-state index in [0.29, 0.717) is 18.6 Å². The van der Waals surface area contributed by atoms with Gasteiger partial charge in [0.15, 0.2) is 0 Å². The van der Waals surface area contributed by atoms with Crippen molar-refractivity contribution in [3.8, 4) is 0 Å². The number of aromatic nitrogens is 1. The van der Waals surface area contributed by atoms with Gasteiger partial charge in [0.05, 0.1) is 25.4 Å². The Bertz CT molecular complexity index is 1160. The van der Waals surface area contributed by atoms with E-state index in [1.807, 2.05) is 0 Å². The van der Waals surface area contributed by atoms with Crippen LogP contribution in [-0.4, -0.2) is 38.2 Å². The molecule has 3 heterocycles. The summed E-state index contributed by atoms with van der Waals surface area (Å²) >= 11 is 0. The first-order chi connectivity index (χ1) is 16.6. The Hall–Kier alpha value is -3.38. The first kappa shape index (κ1) is 22.4. The third-order valence-corrected chi connectivity index (χ3v) is 6.99. The lowest BCUT2D eigenvalue weighted by atomic mass is 9.97. The molecule has 1 aromatic heterocycles. The minimum atomic E-state index is -0.328. The molecule has 34 heavy (non-hydrogen) atoms. The molecule has 0 saturated carbocycles. The number of hydrogen-bond acceptors (Lipinski definition) is 6. The summed E-state index contributed by atoms with van der Waals surface area (Å²) in [4.78, 5) is 20.9. The van der Waals surface area contributed by atoms with Crippen LogP contribution in [0.3, 0.4) is 0 Å². The van der Waals surface area contributed by atoms with Gasteiger partial charge in [0, 0.05) is 49.6 Å². The molecule has 0 N–H and O–H groups in total. The van der Waals surface area contributed by atoms with Crippen molar-refractivity contribution < 1.29 is 14.3 Å². The van der Waals surface area contributed by atoms with E-state index in [0.717, 1.165) is 30.8 Å². The third kappa shape index (κ3) is 4.50. The zero-order valence-electron chi connectivity index (χ0n) is 19.9. The van der Waals surface area contributed by atoms with Gasteiger partial charge in [-0.05, 0) is 84.8 Å². The monoisotopic (exact) mass is 457 g/mol. The molecule has 2 aliphatic heterocycles. The molecule has 176 valence electrons. The number of hydrogen-bond donors (Lipinski definition) is 0. The third-order valence-electron chi connectivity index (χ3n) is 6.99. The van der Waals surface area contributed by atoms with E-state index in [-0.39, 0.29) is 12.1 Å². The molecule has 6 heteroatoms. The first-order valence-electron chi connectivity index (χ1n) is 12.0. The molecule has 3 aromatic rings.